The van der Waals surface area contributed by atoms with Gasteiger partial charge in [-0.3, -0.25) is 19.6 Å². The highest BCUT2D eigenvalue weighted by Crippen LogP contribution is 2.07. The SMILES string of the molecule is C#CCCCC(=O)O.O=C1CCC(=O)N1O. The molecule has 0 aromatic carbocycles. The number of rotatable bonds is 3. The van der Waals surface area contributed by atoms with Crippen LogP contribution >= 0.6 is 0 Å². The van der Waals surface area contributed by atoms with Crippen LogP contribution in [0.15, 0.2) is 0 Å². The number of aliphatic carboxylic acids is 1. The van der Waals surface area contributed by atoms with Gasteiger partial charge < -0.3 is 5.11 Å². The lowest BCUT2D eigenvalue weighted by Gasteiger charge is -1.98. The van der Waals surface area contributed by atoms with E-state index in [1.165, 1.54) is 0 Å². The Kier molecular flexibility index (Phi) is 6.56. The van der Waals surface area contributed by atoms with Crippen molar-refractivity contribution in [2.24, 2.45) is 0 Å². The average molecular weight is 227 g/mol. The second-order valence-corrected chi connectivity index (χ2v) is 3.05. The molecule has 2 N–H and O–H groups in total. The number of carboxylic acid groups (broad SMARTS) is 1. The first-order chi connectivity index (χ1) is 7.49. The molecule has 0 spiro atoms. The fourth-order valence-electron chi connectivity index (χ4n) is 0.906. The molecule has 16 heavy (non-hydrogen) atoms. The molecule has 0 atom stereocenters. The lowest BCUT2D eigenvalue weighted by atomic mass is 10.2. The summed E-state index contributed by atoms with van der Waals surface area (Å²) < 4.78 is 0. The Hall–Kier alpha value is -1.87. The molecule has 0 aromatic heterocycles. The van der Waals surface area contributed by atoms with Gasteiger partial charge in [-0.1, -0.05) is 0 Å². The summed E-state index contributed by atoms with van der Waals surface area (Å²) in [6.07, 6.45) is 6.50. The van der Waals surface area contributed by atoms with Crippen LogP contribution in [0.5, 0.6) is 0 Å². The molecule has 0 aliphatic carbocycles. The first kappa shape index (κ1) is 14.1. The number of carbonyl (C=O) groups is 3. The summed E-state index contributed by atoms with van der Waals surface area (Å²) in [5, 5.41) is 16.6. The monoisotopic (exact) mass is 227 g/mol. The minimum absolute atomic E-state index is 0.148. The lowest BCUT2D eigenvalue weighted by molar-refractivity contribution is -0.171. The van der Waals surface area contributed by atoms with Crippen LogP contribution in [-0.4, -0.2) is 33.2 Å². The number of terminal acetylenes is 1. The number of amides is 2. The second-order valence-electron chi connectivity index (χ2n) is 3.05. The molecule has 1 fully saturated rings. The van der Waals surface area contributed by atoms with Crippen molar-refractivity contribution in [3.63, 3.8) is 0 Å². The third-order valence-electron chi connectivity index (χ3n) is 1.74. The Morgan fingerprint density at radius 2 is 1.88 bits per heavy atom. The lowest BCUT2D eigenvalue weighted by Crippen LogP contribution is -2.24. The molecular weight excluding hydrogens is 214 g/mol. The van der Waals surface area contributed by atoms with E-state index in [2.05, 4.69) is 5.92 Å². The van der Waals surface area contributed by atoms with Gasteiger partial charge in [0.15, 0.2) is 0 Å². The third kappa shape index (κ3) is 5.78. The van der Waals surface area contributed by atoms with Crippen LogP contribution in [0.1, 0.15) is 32.1 Å². The van der Waals surface area contributed by atoms with Gasteiger partial charge in [0.2, 0.25) is 0 Å². The van der Waals surface area contributed by atoms with Gasteiger partial charge >= 0.3 is 5.97 Å². The fraction of sp³-hybridized carbons (Fsp3) is 0.500. The number of carbonyl (C=O) groups excluding carboxylic acids is 2. The Morgan fingerprint density at radius 3 is 2.12 bits per heavy atom. The number of nitrogens with zero attached hydrogens (tertiary/aromatic N) is 1. The molecule has 0 radical (unpaired) electrons. The molecule has 88 valence electrons. The van der Waals surface area contributed by atoms with Crippen LogP contribution in [0, 0.1) is 12.3 Å². The maximum absolute atomic E-state index is 10.2. The van der Waals surface area contributed by atoms with E-state index in [1.807, 2.05) is 0 Å². The van der Waals surface area contributed by atoms with Gasteiger partial charge in [-0.25, -0.2) is 0 Å². The topological polar surface area (TPSA) is 94.9 Å². The summed E-state index contributed by atoms with van der Waals surface area (Å²) >= 11 is 0. The van der Waals surface area contributed by atoms with E-state index in [1.54, 1.807) is 0 Å². The van der Waals surface area contributed by atoms with E-state index in [9.17, 15) is 14.4 Å². The molecule has 0 unspecified atom stereocenters. The minimum Gasteiger partial charge on any atom is -0.481 e. The Morgan fingerprint density at radius 1 is 1.38 bits per heavy atom. The molecule has 0 bridgehead atoms. The zero-order valence-electron chi connectivity index (χ0n) is 8.68. The molecule has 1 aliphatic rings. The van der Waals surface area contributed by atoms with Gasteiger partial charge in [0.1, 0.15) is 0 Å². The smallest absolute Gasteiger partial charge is 0.303 e. The molecular formula is C10H13NO5. The van der Waals surface area contributed by atoms with Gasteiger partial charge in [-0.2, -0.15) is 5.06 Å². The number of hydroxylamine groups is 2. The molecule has 1 rings (SSSR count). The predicted molar refractivity (Wildman–Crippen MR) is 53.2 cm³/mol. The van der Waals surface area contributed by atoms with E-state index >= 15 is 0 Å². The van der Waals surface area contributed by atoms with Crippen LogP contribution < -0.4 is 0 Å². The highest BCUT2D eigenvalue weighted by atomic mass is 16.5. The first-order valence-electron chi connectivity index (χ1n) is 4.69. The maximum atomic E-state index is 10.2. The van der Waals surface area contributed by atoms with Gasteiger partial charge in [-0.05, 0) is 6.42 Å². The van der Waals surface area contributed by atoms with Crippen LogP contribution in [0.2, 0.25) is 0 Å². The predicted octanol–water partition coefficient (Wildman–Crippen LogP) is 0.399. The normalized spacial score (nSPS) is 14.1. The van der Waals surface area contributed by atoms with Crippen molar-refractivity contribution in [3.8, 4) is 12.3 Å². The van der Waals surface area contributed by atoms with Crippen molar-refractivity contribution in [2.75, 3.05) is 0 Å². The Balaban J connectivity index is 0.000000281. The van der Waals surface area contributed by atoms with Crippen molar-refractivity contribution >= 4 is 17.8 Å². The quantitative estimate of drug-likeness (QED) is 0.315. The van der Waals surface area contributed by atoms with Crippen LogP contribution in [-0.2, 0) is 14.4 Å². The molecule has 0 saturated carbocycles. The molecule has 1 saturated heterocycles. The van der Waals surface area contributed by atoms with Crippen molar-refractivity contribution < 1.29 is 24.7 Å². The van der Waals surface area contributed by atoms with Crippen molar-refractivity contribution in [3.05, 3.63) is 0 Å². The first-order valence-corrected chi connectivity index (χ1v) is 4.69. The summed E-state index contributed by atoms with van der Waals surface area (Å²) in [7, 11) is 0. The zero-order valence-corrected chi connectivity index (χ0v) is 8.68. The Bertz CT molecular complexity index is 302. The van der Waals surface area contributed by atoms with Crippen molar-refractivity contribution in [1.29, 1.82) is 0 Å². The van der Waals surface area contributed by atoms with E-state index in [0.717, 1.165) is 0 Å². The Labute approximate surface area is 92.8 Å². The molecule has 6 nitrogen and oxygen atoms in total. The standard InChI is InChI=1S/C6H8O2.C4H5NO3/c1-2-3-4-5-6(7)8;6-3-1-2-4(7)5(3)8/h1H,3-5H2,(H,7,8);8H,1-2H2. The maximum Gasteiger partial charge on any atom is 0.303 e. The van der Waals surface area contributed by atoms with Crippen LogP contribution in [0.3, 0.4) is 0 Å². The summed E-state index contributed by atoms with van der Waals surface area (Å²) in [4.78, 5) is 30.3. The summed E-state index contributed by atoms with van der Waals surface area (Å²) in [5.74, 6) is 0.573. The summed E-state index contributed by atoms with van der Waals surface area (Å²) in [6.45, 7) is 0. The van der Waals surface area contributed by atoms with E-state index in [4.69, 9.17) is 16.7 Å². The van der Waals surface area contributed by atoms with E-state index in [0.29, 0.717) is 12.8 Å². The number of unbranched alkanes of at least 4 members (excludes halogenated alkanes) is 1. The number of hydrogen-bond donors (Lipinski definition) is 2. The molecule has 2 amide bonds. The molecule has 0 aromatic rings. The number of imide groups is 1. The number of hydrogen-bond acceptors (Lipinski definition) is 4. The summed E-state index contributed by atoms with van der Waals surface area (Å²) in [6, 6.07) is 0. The van der Waals surface area contributed by atoms with E-state index < -0.39 is 17.8 Å². The van der Waals surface area contributed by atoms with Crippen LogP contribution in [0.4, 0.5) is 0 Å². The highest BCUT2D eigenvalue weighted by Gasteiger charge is 2.26. The second kappa shape index (κ2) is 7.43. The molecule has 1 aliphatic heterocycles. The van der Waals surface area contributed by atoms with Crippen LogP contribution in [0.25, 0.3) is 0 Å². The summed E-state index contributed by atoms with van der Waals surface area (Å²) in [5.41, 5.74) is 0. The molecule has 6 heteroatoms. The van der Waals surface area contributed by atoms with E-state index in [-0.39, 0.29) is 24.3 Å². The van der Waals surface area contributed by atoms with Crippen molar-refractivity contribution in [1.82, 2.24) is 5.06 Å². The van der Waals surface area contributed by atoms with Gasteiger partial charge in [0.25, 0.3) is 11.8 Å². The fourth-order valence-corrected chi connectivity index (χ4v) is 0.906. The van der Waals surface area contributed by atoms with Gasteiger partial charge in [0.05, 0.1) is 0 Å². The number of carboxylic acids is 1. The average Bonchev–Trinajstić information content (AvgIpc) is 2.51. The largest absolute Gasteiger partial charge is 0.481 e. The zero-order chi connectivity index (χ0) is 12.6. The van der Waals surface area contributed by atoms with Crippen molar-refractivity contribution in [2.45, 2.75) is 32.1 Å². The highest BCUT2D eigenvalue weighted by molar-refractivity contribution is 6.00. The van der Waals surface area contributed by atoms with Gasteiger partial charge in [-0.15, -0.1) is 12.3 Å². The van der Waals surface area contributed by atoms with Gasteiger partial charge in [0, 0.05) is 25.7 Å². The third-order valence-corrected chi connectivity index (χ3v) is 1.74. The minimum atomic E-state index is -0.778. The molecule has 1 heterocycles.